The first kappa shape index (κ1) is 17.2. The van der Waals surface area contributed by atoms with Gasteiger partial charge in [0, 0.05) is 11.8 Å². The highest BCUT2D eigenvalue weighted by atomic mass is 19.4. The van der Waals surface area contributed by atoms with Crippen LogP contribution in [0, 0.1) is 28.6 Å². The number of hydrogen-bond acceptors (Lipinski definition) is 2. The minimum Gasteiger partial charge on any atom is -0.381 e. The topological polar surface area (TPSA) is 37.3 Å². The molecule has 3 fully saturated rings. The highest BCUT2D eigenvalue weighted by molar-refractivity contribution is 5.87. The molecule has 3 saturated carbocycles. The predicted molar refractivity (Wildman–Crippen MR) is 80.7 cm³/mol. The van der Waals surface area contributed by atoms with Crippen molar-refractivity contribution in [1.29, 1.82) is 0 Å². The Morgan fingerprint density at radius 1 is 1.30 bits per heavy atom. The molecule has 5 heteroatoms. The summed E-state index contributed by atoms with van der Waals surface area (Å²) in [6.07, 6.45) is 0.133. The van der Waals surface area contributed by atoms with E-state index in [1.54, 1.807) is 0 Å². The van der Waals surface area contributed by atoms with E-state index in [0.717, 1.165) is 39.0 Å². The van der Waals surface area contributed by atoms with Crippen molar-refractivity contribution in [2.75, 3.05) is 0 Å². The Hall–Kier alpha value is -0.580. The number of Topliss-reactive ketones (excluding diaryl/α,β-unsaturated/α-hetero) is 1. The van der Waals surface area contributed by atoms with Gasteiger partial charge in [-0.15, -0.1) is 0 Å². The van der Waals surface area contributed by atoms with Crippen LogP contribution in [-0.2, 0) is 4.79 Å². The van der Waals surface area contributed by atoms with Crippen LogP contribution in [0.2, 0.25) is 0 Å². The quantitative estimate of drug-likeness (QED) is 0.826. The Kier molecular flexibility index (Phi) is 3.72. The molecule has 23 heavy (non-hydrogen) atoms. The summed E-state index contributed by atoms with van der Waals surface area (Å²) in [4.78, 5) is 12.4. The summed E-state index contributed by atoms with van der Waals surface area (Å²) in [5.41, 5.74) is -2.80. The third-order valence-electron chi connectivity index (χ3n) is 7.35. The molecule has 2 nitrogen and oxygen atoms in total. The minimum atomic E-state index is -4.57. The molecule has 3 aliphatic carbocycles. The van der Waals surface area contributed by atoms with Crippen LogP contribution < -0.4 is 0 Å². The van der Waals surface area contributed by atoms with Crippen molar-refractivity contribution in [2.45, 2.75) is 77.5 Å². The number of alkyl halides is 3. The molecule has 0 aliphatic heterocycles. The van der Waals surface area contributed by atoms with Gasteiger partial charge in [-0.2, -0.15) is 13.2 Å². The summed E-state index contributed by atoms with van der Waals surface area (Å²) < 4.78 is 38.8. The fourth-order valence-corrected chi connectivity index (χ4v) is 5.75. The average molecular weight is 332 g/mol. The second-order valence-corrected chi connectivity index (χ2v) is 8.92. The Morgan fingerprint density at radius 2 is 1.96 bits per heavy atom. The summed E-state index contributed by atoms with van der Waals surface area (Å²) in [5.74, 6) is 0.872. The first-order chi connectivity index (χ1) is 10.4. The van der Waals surface area contributed by atoms with Gasteiger partial charge in [0.1, 0.15) is 5.78 Å². The molecule has 0 aromatic heterocycles. The Morgan fingerprint density at radius 3 is 2.39 bits per heavy atom. The number of fused-ring (bicyclic) bond motifs is 3. The number of hydrogen-bond donors (Lipinski definition) is 1. The van der Waals surface area contributed by atoms with E-state index in [4.69, 9.17) is 0 Å². The molecule has 0 heterocycles. The van der Waals surface area contributed by atoms with Crippen LogP contribution >= 0.6 is 0 Å². The van der Waals surface area contributed by atoms with Crippen LogP contribution in [0.3, 0.4) is 0 Å². The molecule has 0 saturated heterocycles. The van der Waals surface area contributed by atoms with Crippen LogP contribution in [0.5, 0.6) is 0 Å². The second-order valence-electron chi connectivity index (χ2n) is 8.92. The van der Waals surface area contributed by atoms with Crippen molar-refractivity contribution in [2.24, 2.45) is 28.6 Å². The molecule has 0 aromatic rings. The van der Waals surface area contributed by atoms with E-state index in [-0.39, 0.29) is 29.1 Å². The van der Waals surface area contributed by atoms with Gasteiger partial charge in [-0.1, -0.05) is 13.8 Å². The molecule has 2 bridgehead atoms. The van der Waals surface area contributed by atoms with Gasteiger partial charge in [-0.05, 0) is 68.6 Å². The lowest BCUT2D eigenvalue weighted by Gasteiger charge is -2.40. The van der Waals surface area contributed by atoms with E-state index in [0.29, 0.717) is 18.1 Å². The Balaban J connectivity index is 1.70. The summed E-state index contributed by atoms with van der Waals surface area (Å²) in [7, 11) is 0. The zero-order valence-corrected chi connectivity index (χ0v) is 14.2. The van der Waals surface area contributed by atoms with E-state index in [2.05, 4.69) is 0 Å². The monoisotopic (exact) mass is 332 g/mol. The molecule has 3 rings (SSSR count). The molecule has 0 amide bonds. The SMILES string of the molecule is CCC1(C)CC2(CC1=O)CC1CC2CC1CC(C)(O)C(F)(F)F. The van der Waals surface area contributed by atoms with Crippen molar-refractivity contribution in [1.82, 2.24) is 0 Å². The maximum Gasteiger partial charge on any atom is 0.416 e. The van der Waals surface area contributed by atoms with Crippen molar-refractivity contribution in [3.63, 3.8) is 0 Å². The highest BCUT2D eigenvalue weighted by Gasteiger charge is 2.63. The van der Waals surface area contributed by atoms with E-state index < -0.39 is 11.8 Å². The third kappa shape index (κ3) is 2.54. The lowest BCUT2D eigenvalue weighted by atomic mass is 9.66. The summed E-state index contributed by atoms with van der Waals surface area (Å²) in [6, 6.07) is 0. The van der Waals surface area contributed by atoms with E-state index >= 15 is 0 Å². The van der Waals surface area contributed by atoms with Crippen LogP contribution in [0.25, 0.3) is 0 Å². The number of aliphatic hydroxyl groups is 1. The average Bonchev–Trinajstić information content (AvgIpc) is 3.01. The molecule has 6 unspecified atom stereocenters. The number of carbonyl (C=O) groups excluding carboxylic acids is 1. The number of carbonyl (C=O) groups is 1. The summed E-state index contributed by atoms with van der Waals surface area (Å²) in [5, 5.41) is 9.78. The Labute approximate surface area is 135 Å². The van der Waals surface area contributed by atoms with Crippen molar-refractivity contribution in [3.8, 4) is 0 Å². The normalized spacial score (nSPS) is 45.9. The van der Waals surface area contributed by atoms with Gasteiger partial charge in [-0.25, -0.2) is 0 Å². The van der Waals surface area contributed by atoms with Crippen molar-refractivity contribution in [3.05, 3.63) is 0 Å². The first-order valence-electron chi connectivity index (χ1n) is 8.75. The zero-order valence-electron chi connectivity index (χ0n) is 14.2. The molecule has 0 aromatic carbocycles. The number of ketones is 1. The molecule has 132 valence electrons. The van der Waals surface area contributed by atoms with Gasteiger partial charge in [0.2, 0.25) is 0 Å². The smallest absolute Gasteiger partial charge is 0.381 e. The molecule has 0 radical (unpaired) electrons. The molecule has 1 N–H and O–H groups in total. The lowest BCUT2D eigenvalue weighted by Crippen LogP contribution is -2.45. The predicted octanol–water partition coefficient (Wildman–Crippen LogP) is 4.50. The standard InChI is InChI=1S/C18H27F3O2/c1-4-15(2)10-17(9-14(15)22)8-12-6-13(17)5-11(12)7-16(3,23)18(19,20)21/h11-13,23H,4-10H2,1-3H3. The third-order valence-corrected chi connectivity index (χ3v) is 7.35. The summed E-state index contributed by atoms with van der Waals surface area (Å²) >= 11 is 0. The van der Waals surface area contributed by atoms with Gasteiger partial charge < -0.3 is 5.11 Å². The van der Waals surface area contributed by atoms with Gasteiger partial charge in [0.25, 0.3) is 0 Å². The number of halogens is 3. The molecule has 3 aliphatic rings. The largest absolute Gasteiger partial charge is 0.416 e. The molecule has 1 spiro atoms. The maximum atomic E-state index is 12.9. The van der Waals surface area contributed by atoms with Gasteiger partial charge in [0.05, 0.1) is 0 Å². The zero-order chi connectivity index (χ0) is 17.3. The van der Waals surface area contributed by atoms with Gasteiger partial charge in [-0.3, -0.25) is 4.79 Å². The van der Waals surface area contributed by atoms with E-state index in [1.165, 1.54) is 0 Å². The van der Waals surface area contributed by atoms with E-state index in [9.17, 15) is 23.1 Å². The van der Waals surface area contributed by atoms with Crippen molar-refractivity contribution >= 4 is 5.78 Å². The van der Waals surface area contributed by atoms with Crippen LogP contribution in [0.15, 0.2) is 0 Å². The lowest BCUT2D eigenvalue weighted by molar-refractivity contribution is -0.259. The minimum absolute atomic E-state index is 0.0348. The maximum absolute atomic E-state index is 12.9. The molecule has 6 atom stereocenters. The van der Waals surface area contributed by atoms with Crippen molar-refractivity contribution < 1.29 is 23.1 Å². The fraction of sp³-hybridized carbons (Fsp3) is 0.944. The second kappa shape index (κ2) is 4.96. The highest BCUT2D eigenvalue weighted by Crippen LogP contribution is 2.68. The van der Waals surface area contributed by atoms with Crippen LogP contribution in [0.4, 0.5) is 13.2 Å². The molecular formula is C18H27F3O2. The van der Waals surface area contributed by atoms with E-state index in [1.807, 2.05) is 13.8 Å². The fourth-order valence-electron chi connectivity index (χ4n) is 5.75. The van der Waals surface area contributed by atoms with Gasteiger partial charge >= 0.3 is 6.18 Å². The van der Waals surface area contributed by atoms with Crippen LogP contribution in [-0.4, -0.2) is 22.7 Å². The van der Waals surface area contributed by atoms with Crippen LogP contribution in [0.1, 0.15) is 65.7 Å². The first-order valence-corrected chi connectivity index (χ1v) is 8.75. The number of rotatable bonds is 3. The molecular weight excluding hydrogens is 305 g/mol. The summed E-state index contributed by atoms with van der Waals surface area (Å²) in [6.45, 7) is 4.98. The van der Waals surface area contributed by atoms with Gasteiger partial charge in [0.15, 0.2) is 5.60 Å². The Bertz CT molecular complexity index is 513.